The Morgan fingerprint density at radius 1 is 1.44 bits per heavy atom. The molecule has 1 aliphatic rings. The Hall–Kier alpha value is -0.700. The molecule has 0 spiro atoms. The van der Waals surface area contributed by atoms with E-state index in [1.54, 1.807) is 6.20 Å². The highest BCUT2D eigenvalue weighted by Crippen LogP contribution is 2.26. The van der Waals surface area contributed by atoms with Crippen LogP contribution in [0.2, 0.25) is 0 Å². The van der Waals surface area contributed by atoms with Gasteiger partial charge in [-0.2, -0.15) is 0 Å². The molecule has 0 atom stereocenters. The van der Waals surface area contributed by atoms with Gasteiger partial charge >= 0.3 is 0 Å². The molecular formula is C13H18BrNO. The summed E-state index contributed by atoms with van der Waals surface area (Å²) in [7, 11) is 0. The number of Topliss-reactive ketones (excluding diaryl/α,β-unsaturated/α-hetero) is 1. The number of hydrogen-bond acceptors (Lipinski definition) is 2. The van der Waals surface area contributed by atoms with E-state index in [1.807, 2.05) is 19.1 Å². The molecule has 0 saturated heterocycles. The van der Waals surface area contributed by atoms with Crippen LogP contribution >= 0.6 is 17.0 Å². The SMILES string of the molecule is Br.Cc1ncccc1CC(=O)C1CCCC1. The summed E-state index contributed by atoms with van der Waals surface area (Å²) in [5, 5.41) is 0. The maximum atomic E-state index is 11.9. The number of carbonyl (C=O) groups excluding carboxylic acids is 1. The molecule has 0 unspecified atom stereocenters. The minimum Gasteiger partial charge on any atom is -0.299 e. The molecule has 2 nitrogen and oxygen atoms in total. The van der Waals surface area contributed by atoms with Crippen molar-refractivity contribution in [1.29, 1.82) is 0 Å². The van der Waals surface area contributed by atoms with Gasteiger partial charge in [0, 0.05) is 24.2 Å². The fourth-order valence-electron chi connectivity index (χ4n) is 2.28. The standard InChI is InChI=1S/C13H17NO.BrH/c1-10-12(7-4-8-14-10)9-13(15)11-5-2-3-6-11;/h4,7-8,11H,2-3,5-6,9H2,1H3;1H. The Kier molecular flexibility index (Phi) is 5.13. The van der Waals surface area contributed by atoms with Gasteiger partial charge in [0.15, 0.2) is 0 Å². The van der Waals surface area contributed by atoms with Crippen LogP contribution in [0.15, 0.2) is 18.3 Å². The maximum absolute atomic E-state index is 11.9. The number of halogens is 1. The van der Waals surface area contributed by atoms with Crippen molar-refractivity contribution in [3.8, 4) is 0 Å². The monoisotopic (exact) mass is 283 g/mol. The molecule has 1 aromatic rings. The predicted octanol–water partition coefficient (Wildman–Crippen LogP) is 3.27. The maximum Gasteiger partial charge on any atom is 0.140 e. The van der Waals surface area contributed by atoms with Gasteiger partial charge in [0.25, 0.3) is 0 Å². The van der Waals surface area contributed by atoms with E-state index < -0.39 is 0 Å². The van der Waals surface area contributed by atoms with Crippen molar-refractivity contribution in [3.63, 3.8) is 0 Å². The Bertz CT molecular complexity index is 359. The van der Waals surface area contributed by atoms with Gasteiger partial charge in [-0.15, -0.1) is 17.0 Å². The highest BCUT2D eigenvalue weighted by molar-refractivity contribution is 8.93. The lowest BCUT2D eigenvalue weighted by molar-refractivity contribution is -0.122. The minimum absolute atomic E-state index is 0. The van der Waals surface area contributed by atoms with E-state index in [1.165, 1.54) is 12.8 Å². The van der Waals surface area contributed by atoms with Crippen molar-refractivity contribution in [3.05, 3.63) is 29.6 Å². The largest absolute Gasteiger partial charge is 0.299 e. The third-order valence-corrected chi connectivity index (χ3v) is 3.29. The van der Waals surface area contributed by atoms with Crippen LogP contribution in [0, 0.1) is 12.8 Å². The van der Waals surface area contributed by atoms with Crippen molar-refractivity contribution in [2.24, 2.45) is 5.92 Å². The normalized spacial score (nSPS) is 15.8. The van der Waals surface area contributed by atoms with E-state index in [0.29, 0.717) is 18.1 Å². The van der Waals surface area contributed by atoms with Crippen molar-refractivity contribution < 1.29 is 4.79 Å². The van der Waals surface area contributed by atoms with Gasteiger partial charge in [-0.25, -0.2) is 0 Å². The van der Waals surface area contributed by atoms with Crippen molar-refractivity contribution in [1.82, 2.24) is 4.98 Å². The lowest BCUT2D eigenvalue weighted by Gasteiger charge is -2.08. The number of nitrogens with zero attached hydrogens (tertiary/aromatic N) is 1. The third-order valence-electron chi connectivity index (χ3n) is 3.29. The topological polar surface area (TPSA) is 30.0 Å². The molecule has 1 aliphatic carbocycles. The molecule has 16 heavy (non-hydrogen) atoms. The molecule has 0 N–H and O–H groups in total. The number of rotatable bonds is 3. The average Bonchev–Trinajstić information content (AvgIpc) is 2.74. The van der Waals surface area contributed by atoms with E-state index in [0.717, 1.165) is 24.1 Å². The first-order valence-electron chi connectivity index (χ1n) is 5.70. The van der Waals surface area contributed by atoms with Gasteiger partial charge in [-0.05, 0) is 31.4 Å². The van der Waals surface area contributed by atoms with Crippen LogP contribution in [0.1, 0.15) is 36.9 Å². The second-order valence-electron chi connectivity index (χ2n) is 4.37. The summed E-state index contributed by atoms with van der Waals surface area (Å²) >= 11 is 0. The first-order chi connectivity index (χ1) is 7.27. The van der Waals surface area contributed by atoms with Gasteiger partial charge in [-0.1, -0.05) is 18.9 Å². The Morgan fingerprint density at radius 2 is 2.12 bits per heavy atom. The van der Waals surface area contributed by atoms with E-state index in [4.69, 9.17) is 0 Å². The van der Waals surface area contributed by atoms with E-state index in [2.05, 4.69) is 4.98 Å². The minimum atomic E-state index is 0. The number of carbonyl (C=O) groups is 1. The van der Waals surface area contributed by atoms with Crippen molar-refractivity contribution in [2.45, 2.75) is 39.0 Å². The van der Waals surface area contributed by atoms with Crippen LogP contribution in [0.5, 0.6) is 0 Å². The summed E-state index contributed by atoms with van der Waals surface area (Å²) in [6.45, 7) is 1.97. The fourth-order valence-corrected chi connectivity index (χ4v) is 2.28. The zero-order chi connectivity index (χ0) is 10.7. The molecule has 2 rings (SSSR count). The van der Waals surface area contributed by atoms with Crippen LogP contribution in [-0.4, -0.2) is 10.8 Å². The van der Waals surface area contributed by atoms with E-state index in [-0.39, 0.29) is 17.0 Å². The zero-order valence-corrected chi connectivity index (χ0v) is 11.3. The summed E-state index contributed by atoms with van der Waals surface area (Å²) in [5.74, 6) is 0.730. The second-order valence-corrected chi connectivity index (χ2v) is 4.37. The smallest absolute Gasteiger partial charge is 0.140 e. The van der Waals surface area contributed by atoms with Crippen LogP contribution in [-0.2, 0) is 11.2 Å². The average molecular weight is 284 g/mol. The van der Waals surface area contributed by atoms with Gasteiger partial charge in [-0.3, -0.25) is 9.78 Å². The Morgan fingerprint density at radius 3 is 2.75 bits per heavy atom. The molecule has 1 heterocycles. The van der Waals surface area contributed by atoms with Crippen LogP contribution in [0.3, 0.4) is 0 Å². The first kappa shape index (κ1) is 13.4. The molecule has 88 valence electrons. The molecule has 0 amide bonds. The van der Waals surface area contributed by atoms with Gasteiger partial charge < -0.3 is 0 Å². The molecular weight excluding hydrogens is 266 g/mol. The third kappa shape index (κ3) is 3.14. The highest BCUT2D eigenvalue weighted by atomic mass is 79.9. The number of ketones is 1. The van der Waals surface area contributed by atoms with E-state index >= 15 is 0 Å². The van der Waals surface area contributed by atoms with E-state index in [9.17, 15) is 4.79 Å². The summed E-state index contributed by atoms with van der Waals surface area (Å²) < 4.78 is 0. The predicted molar refractivity (Wildman–Crippen MR) is 70.0 cm³/mol. The number of hydrogen-bond donors (Lipinski definition) is 0. The van der Waals surface area contributed by atoms with Gasteiger partial charge in [0.2, 0.25) is 0 Å². The summed E-state index contributed by atoms with van der Waals surface area (Å²) in [5.41, 5.74) is 2.08. The Balaban J connectivity index is 0.00000128. The molecule has 0 aromatic carbocycles. The molecule has 0 aliphatic heterocycles. The second kappa shape index (κ2) is 6.14. The number of pyridine rings is 1. The molecule has 0 radical (unpaired) electrons. The van der Waals surface area contributed by atoms with Crippen LogP contribution in [0.25, 0.3) is 0 Å². The Labute approximate surface area is 107 Å². The number of aryl methyl sites for hydroxylation is 1. The lowest BCUT2D eigenvalue weighted by atomic mass is 9.96. The van der Waals surface area contributed by atoms with Crippen molar-refractivity contribution >= 4 is 22.8 Å². The number of aromatic nitrogens is 1. The van der Waals surface area contributed by atoms with Crippen LogP contribution < -0.4 is 0 Å². The zero-order valence-electron chi connectivity index (χ0n) is 9.61. The van der Waals surface area contributed by atoms with Gasteiger partial charge in [0.05, 0.1) is 0 Å². The molecule has 1 aromatic heterocycles. The summed E-state index contributed by atoms with van der Waals surface area (Å²) in [4.78, 5) is 16.1. The van der Waals surface area contributed by atoms with Crippen molar-refractivity contribution in [2.75, 3.05) is 0 Å². The first-order valence-corrected chi connectivity index (χ1v) is 5.70. The molecule has 0 bridgehead atoms. The molecule has 3 heteroatoms. The van der Waals surface area contributed by atoms with Gasteiger partial charge in [0.1, 0.15) is 5.78 Å². The quantitative estimate of drug-likeness (QED) is 0.852. The summed E-state index contributed by atoms with van der Waals surface area (Å²) in [6, 6.07) is 3.92. The fraction of sp³-hybridized carbons (Fsp3) is 0.538. The lowest BCUT2D eigenvalue weighted by Crippen LogP contribution is -2.14. The molecule has 1 saturated carbocycles. The summed E-state index contributed by atoms with van der Waals surface area (Å²) in [6.07, 6.45) is 6.99. The highest BCUT2D eigenvalue weighted by Gasteiger charge is 2.22. The molecule has 1 fully saturated rings. The van der Waals surface area contributed by atoms with Crippen LogP contribution in [0.4, 0.5) is 0 Å².